The van der Waals surface area contributed by atoms with Crippen LogP contribution in [0.1, 0.15) is 30.4 Å². The first-order valence-electron chi connectivity index (χ1n) is 11.4. The molecule has 5 rings (SSSR count). The van der Waals surface area contributed by atoms with Gasteiger partial charge in [-0.1, -0.05) is 48.0 Å². The second kappa shape index (κ2) is 9.94. The summed E-state index contributed by atoms with van der Waals surface area (Å²) in [5, 5.41) is 6.62. The smallest absolute Gasteiger partial charge is 0.279 e. The van der Waals surface area contributed by atoms with Crippen molar-refractivity contribution < 1.29 is 0 Å². The Kier molecular flexibility index (Phi) is 6.40. The lowest BCUT2D eigenvalue weighted by atomic mass is 9.93. The average Bonchev–Trinajstić information content (AvgIpc) is 3.44. The van der Waals surface area contributed by atoms with Crippen molar-refractivity contribution in [3.8, 4) is 11.4 Å². The Morgan fingerprint density at radius 1 is 0.771 bits per heavy atom. The van der Waals surface area contributed by atoms with Crippen LogP contribution < -0.4 is 11.1 Å². The van der Waals surface area contributed by atoms with Gasteiger partial charge < -0.3 is 0 Å². The van der Waals surface area contributed by atoms with Gasteiger partial charge in [0.25, 0.3) is 11.1 Å². The molecule has 0 fully saturated rings. The summed E-state index contributed by atoms with van der Waals surface area (Å²) >= 11 is 6.71. The van der Waals surface area contributed by atoms with E-state index in [1.54, 1.807) is 18.5 Å². The third kappa shape index (κ3) is 4.71. The lowest BCUT2D eigenvalue weighted by molar-refractivity contribution is 0.795. The maximum atomic E-state index is 12.9. The van der Waals surface area contributed by atoms with Crippen LogP contribution in [0.3, 0.4) is 0 Å². The molecule has 2 heterocycles. The highest BCUT2D eigenvalue weighted by Gasteiger charge is 2.16. The number of hydrogen-bond donors (Lipinski definition) is 2. The third-order valence-corrected chi connectivity index (χ3v) is 6.39. The lowest BCUT2D eigenvalue weighted by Gasteiger charge is -2.16. The van der Waals surface area contributed by atoms with Gasteiger partial charge in [0.05, 0.1) is 22.5 Å². The number of nitrogens with zero attached hydrogens (tertiary/aromatic N) is 2. The van der Waals surface area contributed by atoms with Gasteiger partial charge in [0, 0.05) is 17.4 Å². The molecule has 174 valence electrons. The number of aromatic amines is 2. The molecule has 0 saturated carbocycles. The topological polar surface area (TPSA) is 75.6 Å². The second-order valence-corrected chi connectivity index (χ2v) is 8.61. The molecule has 0 amide bonds. The molecule has 0 spiro atoms. The van der Waals surface area contributed by atoms with Gasteiger partial charge in [-0.05, 0) is 72.9 Å². The van der Waals surface area contributed by atoms with E-state index >= 15 is 0 Å². The molecule has 0 unspecified atom stereocenters. The number of halogens is 1. The summed E-state index contributed by atoms with van der Waals surface area (Å²) in [6.45, 7) is 0. The number of allylic oxidation sites excluding steroid dienone is 4. The fraction of sp³-hybridized carbons (Fsp3) is 0.107. The fourth-order valence-electron chi connectivity index (χ4n) is 4.10. The van der Waals surface area contributed by atoms with Crippen molar-refractivity contribution in [3.63, 3.8) is 0 Å². The molecule has 1 aliphatic carbocycles. The summed E-state index contributed by atoms with van der Waals surface area (Å²) in [7, 11) is 0. The Hall–Kier alpha value is -4.25. The quantitative estimate of drug-likeness (QED) is 0.365. The van der Waals surface area contributed by atoms with E-state index in [1.807, 2.05) is 72.8 Å². The van der Waals surface area contributed by atoms with E-state index in [2.05, 4.69) is 15.9 Å². The second-order valence-electron chi connectivity index (χ2n) is 8.23. The molecule has 0 saturated heterocycles. The van der Waals surface area contributed by atoms with Gasteiger partial charge in [-0.3, -0.25) is 19.8 Å². The summed E-state index contributed by atoms with van der Waals surface area (Å²) < 4.78 is 3.00. The van der Waals surface area contributed by atoms with Gasteiger partial charge in [-0.15, -0.1) is 5.73 Å². The SMILES string of the molecule is O=c1c(C=C=CC2=C(Cl)C(=Cc3c[nH]n(-c4ccccc4)c3=O)CCC2)c[nH]n1-c1ccccc1. The van der Waals surface area contributed by atoms with Crippen LogP contribution in [-0.2, 0) is 0 Å². The first kappa shape index (κ1) is 22.5. The first-order chi connectivity index (χ1) is 17.1. The van der Waals surface area contributed by atoms with Gasteiger partial charge in [0.1, 0.15) is 0 Å². The van der Waals surface area contributed by atoms with Crippen molar-refractivity contribution in [2.24, 2.45) is 0 Å². The van der Waals surface area contributed by atoms with Crippen LogP contribution in [0.25, 0.3) is 23.5 Å². The predicted octanol–water partition coefficient (Wildman–Crippen LogP) is 5.57. The summed E-state index contributed by atoms with van der Waals surface area (Å²) in [6.07, 6.45) is 11.2. The van der Waals surface area contributed by atoms with E-state index in [9.17, 15) is 9.59 Å². The van der Waals surface area contributed by atoms with Crippen molar-refractivity contribution in [1.29, 1.82) is 0 Å². The monoisotopic (exact) mass is 482 g/mol. The third-order valence-electron chi connectivity index (χ3n) is 5.91. The molecule has 6 nitrogen and oxygen atoms in total. The number of nitrogens with one attached hydrogen (secondary N) is 2. The molecular weight excluding hydrogens is 460 g/mol. The van der Waals surface area contributed by atoms with E-state index in [0.717, 1.165) is 41.8 Å². The zero-order valence-corrected chi connectivity index (χ0v) is 19.6. The van der Waals surface area contributed by atoms with Crippen molar-refractivity contribution >= 4 is 23.8 Å². The minimum absolute atomic E-state index is 0.127. The van der Waals surface area contributed by atoms with Crippen LogP contribution in [-0.4, -0.2) is 19.6 Å². The van der Waals surface area contributed by atoms with Crippen LogP contribution in [0.4, 0.5) is 0 Å². The molecule has 7 heteroatoms. The Balaban J connectivity index is 1.41. The van der Waals surface area contributed by atoms with E-state index in [-0.39, 0.29) is 11.1 Å². The Morgan fingerprint density at radius 2 is 1.34 bits per heavy atom. The largest absolute Gasteiger partial charge is 0.298 e. The molecular formula is C28H23ClN4O2. The summed E-state index contributed by atoms with van der Waals surface area (Å²) in [4.78, 5) is 25.5. The lowest BCUT2D eigenvalue weighted by Crippen LogP contribution is -2.16. The van der Waals surface area contributed by atoms with Crippen molar-refractivity contribution in [1.82, 2.24) is 19.6 Å². The molecule has 2 N–H and O–H groups in total. The molecule has 35 heavy (non-hydrogen) atoms. The maximum absolute atomic E-state index is 12.9. The van der Waals surface area contributed by atoms with Crippen LogP contribution >= 0.6 is 11.6 Å². The number of H-pyrrole nitrogens is 2. The zero-order chi connectivity index (χ0) is 24.2. The van der Waals surface area contributed by atoms with E-state index in [1.165, 1.54) is 9.36 Å². The highest BCUT2D eigenvalue weighted by molar-refractivity contribution is 6.33. The zero-order valence-electron chi connectivity index (χ0n) is 18.9. The summed E-state index contributed by atoms with van der Waals surface area (Å²) in [6, 6.07) is 18.8. The van der Waals surface area contributed by atoms with Gasteiger partial charge in [-0.2, -0.15) is 0 Å². The molecule has 2 aromatic heterocycles. The first-order valence-corrected chi connectivity index (χ1v) is 11.7. The number of rotatable bonds is 5. The summed E-state index contributed by atoms with van der Waals surface area (Å²) in [5.74, 6) is 0. The van der Waals surface area contributed by atoms with Gasteiger partial charge in [0.2, 0.25) is 0 Å². The maximum Gasteiger partial charge on any atom is 0.279 e. The van der Waals surface area contributed by atoms with Gasteiger partial charge >= 0.3 is 0 Å². The molecule has 1 aliphatic rings. The Bertz CT molecular complexity index is 1590. The van der Waals surface area contributed by atoms with Gasteiger partial charge in [0.15, 0.2) is 0 Å². The normalized spacial score (nSPS) is 14.7. The highest BCUT2D eigenvalue weighted by atomic mass is 35.5. The Morgan fingerprint density at radius 3 is 1.97 bits per heavy atom. The van der Waals surface area contributed by atoms with Crippen LogP contribution in [0.2, 0.25) is 0 Å². The standard InChI is InChI=1S/C28H23ClN4O2/c29-26-20(10-8-12-22-18-30-32(27(22)34)24-13-3-1-4-14-24)9-7-11-21(26)17-23-19-31-33(28(23)35)25-15-5-2-6-16-25/h1-6,10,12-19,30-31H,7,9,11H2. The minimum Gasteiger partial charge on any atom is -0.298 e. The van der Waals surface area contributed by atoms with Gasteiger partial charge in [-0.25, -0.2) is 9.36 Å². The molecule has 0 aliphatic heterocycles. The number of aromatic nitrogens is 4. The van der Waals surface area contributed by atoms with Crippen molar-refractivity contribution in [2.45, 2.75) is 19.3 Å². The fourth-order valence-corrected chi connectivity index (χ4v) is 4.40. The number of hydrogen-bond acceptors (Lipinski definition) is 2. The van der Waals surface area contributed by atoms with Crippen molar-refractivity contribution in [3.05, 3.63) is 133 Å². The van der Waals surface area contributed by atoms with Crippen LogP contribution in [0, 0.1) is 0 Å². The molecule has 0 bridgehead atoms. The molecule has 4 aromatic rings. The number of benzene rings is 2. The summed E-state index contributed by atoms with van der Waals surface area (Å²) in [5.41, 5.74) is 7.27. The van der Waals surface area contributed by atoms with E-state index < -0.39 is 0 Å². The minimum atomic E-state index is -0.149. The van der Waals surface area contributed by atoms with E-state index in [0.29, 0.717) is 16.2 Å². The number of para-hydroxylation sites is 2. The highest BCUT2D eigenvalue weighted by Crippen LogP contribution is 2.34. The van der Waals surface area contributed by atoms with Crippen LogP contribution in [0.15, 0.2) is 111 Å². The van der Waals surface area contributed by atoms with Crippen LogP contribution in [0.5, 0.6) is 0 Å². The molecule has 0 radical (unpaired) electrons. The molecule has 0 atom stereocenters. The molecule has 2 aromatic carbocycles. The van der Waals surface area contributed by atoms with Crippen molar-refractivity contribution in [2.75, 3.05) is 0 Å². The Labute approximate surface area is 206 Å². The van der Waals surface area contributed by atoms with E-state index in [4.69, 9.17) is 11.6 Å². The average molecular weight is 483 g/mol. The predicted molar refractivity (Wildman–Crippen MR) is 140 cm³/mol.